The summed E-state index contributed by atoms with van der Waals surface area (Å²) in [5.41, 5.74) is 1.14. The van der Waals surface area contributed by atoms with Crippen molar-refractivity contribution in [3.05, 3.63) is 56.7 Å². The molecule has 0 aromatic heterocycles. The molecule has 0 heterocycles. The highest BCUT2D eigenvalue weighted by atomic mass is 127. The number of hydrogen-bond donors (Lipinski definition) is 2. The fourth-order valence-electron chi connectivity index (χ4n) is 1.31. The molecular formula is C14H13F2IO2. The van der Waals surface area contributed by atoms with Gasteiger partial charge in [0.1, 0.15) is 23.1 Å². The zero-order chi connectivity index (χ0) is 14.6. The molecule has 0 saturated heterocycles. The molecule has 0 spiro atoms. The standard InChI is InChI=1S/C7H6FIO.C7H7FO/c1-4-2-5(8)3-6(9)7(4)10;1-5-4-6(8)2-3-7(5)9/h2-3,10H,1H3;2-4,9H,1H3. The van der Waals surface area contributed by atoms with E-state index in [2.05, 4.69) is 0 Å². The van der Waals surface area contributed by atoms with E-state index in [9.17, 15) is 8.78 Å². The van der Waals surface area contributed by atoms with Crippen LogP contribution in [0.15, 0.2) is 30.3 Å². The number of halogens is 3. The Morgan fingerprint density at radius 1 is 0.895 bits per heavy atom. The zero-order valence-electron chi connectivity index (χ0n) is 10.4. The maximum atomic E-state index is 12.5. The molecule has 2 aromatic carbocycles. The van der Waals surface area contributed by atoms with Crippen LogP contribution in [0.5, 0.6) is 11.5 Å². The van der Waals surface area contributed by atoms with Gasteiger partial charge in [-0.05, 0) is 77.9 Å². The molecule has 5 heteroatoms. The lowest BCUT2D eigenvalue weighted by Crippen LogP contribution is -1.82. The number of aryl methyl sites for hydroxylation is 2. The first-order valence-electron chi connectivity index (χ1n) is 5.41. The Hall–Kier alpha value is -1.37. The molecule has 2 aromatic rings. The third-order valence-corrected chi connectivity index (χ3v) is 3.20. The molecule has 0 fully saturated rings. The van der Waals surface area contributed by atoms with Crippen molar-refractivity contribution in [1.29, 1.82) is 0 Å². The second-order valence-corrected chi connectivity index (χ2v) is 5.15. The maximum absolute atomic E-state index is 12.5. The fourth-order valence-corrected chi connectivity index (χ4v) is 2.04. The van der Waals surface area contributed by atoms with Crippen LogP contribution in [0.3, 0.4) is 0 Å². The van der Waals surface area contributed by atoms with E-state index >= 15 is 0 Å². The summed E-state index contributed by atoms with van der Waals surface area (Å²) in [7, 11) is 0. The lowest BCUT2D eigenvalue weighted by Gasteiger charge is -1.99. The molecule has 0 aliphatic carbocycles. The minimum absolute atomic E-state index is 0.136. The van der Waals surface area contributed by atoms with Crippen molar-refractivity contribution < 1.29 is 19.0 Å². The smallest absolute Gasteiger partial charge is 0.132 e. The molecule has 0 saturated carbocycles. The SMILES string of the molecule is Cc1cc(F)cc(I)c1O.Cc1cc(F)ccc1O. The minimum atomic E-state index is -0.315. The molecule has 0 bridgehead atoms. The van der Waals surface area contributed by atoms with E-state index < -0.39 is 0 Å². The van der Waals surface area contributed by atoms with E-state index in [1.165, 1.54) is 30.3 Å². The van der Waals surface area contributed by atoms with Gasteiger partial charge in [0, 0.05) is 0 Å². The summed E-state index contributed by atoms with van der Waals surface area (Å²) in [6, 6.07) is 6.45. The second-order valence-electron chi connectivity index (χ2n) is 3.98. The summed E-state index contributed by atoms with van der Waals surface area (Å²) >= 11 is 1.89. The first-order valence-corrected chi connectivity index (χ1v) is 6.49. The predicted octanol–water partition coefficient (Wildman–Crippen LogP) is 4.28. The van der Waals surface area contributed by atoms with Crippen LogP contribution in [0.2, 0.25) is 0 Å². The third-order valence-electron chi connectivity index (χ3n) is 2.38. The van der Waals surface area contributed by atoms with Crippen LogP contribution in [0.25, 0.3) is 0 Å². The number of aromatic hydroxyl groups is 2. The molecule has 102 valence electrons. The first-order chi connectivity index (χ1) is 8.81. The van der Waals surface area contributed by atoms with Crippen LogP contribution in [0.4, 0.5) is 8.78 Å². The fraction of sp³-hybridized carbons (Fsp3) is 0.143. The van der Waals surface area contributed by atoms with E-state index in [0.717, 1.165) is 0 Å². The number of phenols is 2. The summed E-state index contributed by atoms with van der Waals surface area (Å²) in [6.07, 6.45) is 0. The molecule has 0 atom stereocenters. The highest BCUT2D eigenvalue weighted by Crippen LogP contribution is 2.24. The normalized spacial score (nSPS) is 9.74. The maximum Gasteiger partial charge on any atom is 0.132 e. The minimum Gasteiger partial charge on any atom is -0.508 e. The molecular weight excluding hydrogens is 365 g/mol. The molecule has 0 unspecified atom stereocenters. The Labute approximate surface area is 123 Å². The Bertz CT molecular complexity index is 563. The van der Waals surface area contributed by atoms with Gasteiger partial charge in [-0.3, -0.25) is 0 Å². The second kappa shape index (κ2) is 6.70. The van der Waals surface area contributed by atoms with Gasteiger partial charge in [0.25, 0.3) is 0 Å². The predicted molar refractivity (Wildman–Crippen MR) is 78.3 cm³/mol. The number of benzene rings is 2. The van der Waals surface area contributed by atoms with Gasteiger partial charge in [-0.1, -0.05) is 0 Å². The van der Waals surface area contributed by atoms with Crippen molar-refractivity contribution in [2.24, 2.45) is 0 Å². The number of phenolic OH excluding ortho intramolecular Hbond substituents is 2. The summed E-state index contributed by atoms with van der Waals surface area (Å²) in [5.74, 6) is -0.316. The van der Waals surface area contributed by atoms with Crippen LogP contribution in [-0.4, -0.2) is 10.2 Å². The van der Waals surface area contributed by atoms with E-state index in [1.54, 1.807) is 13.8 Å². The average Bonchev–Trinajstić information content (AvgIpc) is 2.32. The van der Waals surface area contributed by atoms with Crippen molar-refractivity contribution in [1.82, 2.24) is 0 Å². The zero-order valence-corrected chi connectivity index (χ0v) is 12.6. The van der Waals surface area contributed by atoms with Crippen LogP contribution in [-0.2, 0) is 0 Å². The molecule has 2 N–H and O–H groups in total. The Kier molecular flexibility index (Phi) is 5.53. The molecule has 2 nitrogen and oxygen atoms in total. The van der Waals surface area contributed by atoms with Crippen molar-refractivity contribution in [2.75, 3.05) is 0 Å². The lowest BCUT2D eigenvalue weighted by atomic mass is 10.2. The first kappa shape index (κ1) is 15.7. The van der Waals surface area contributed by atoms with Gasteiger partial charge in [-0.25, -0.2) is 8.78 Å². The summed E-state index contributed by atoms with van der Waals surface area (Å²) in [4.78, 5) is 0. The molecule has 0 aliphatic rings. The lowest BCUT2D eigenvalue weighted by molar-refractivity contribution is 0.464. The topological polar surface area (TPSA) is 40.5 Å². The Morgan fingerprint density at radius 2 is 1.47 bits per heavy atom. The van der Waals surface area contributed by atoms with Crippen LogP contribution >= 0.6 is 22.6 Å². The van der Waals surface area contributed by atoms with Crippen molar-refractivity contribution in [3.8, 4) is 11.5 Å². The van der Waals surface area contributed by atoms with Gasteiger partial charge in [0.05, 0.1) is 3.57 Å². The van der Waals surface area contributed by atoms with Gasteiger partial charge in [0.2, 0.25) is 0 Å². The third kappa shape index (κ3) is 4.66. The Morgan fingerprint density at radius 3 is 1.95 bits per heavy atom. The van der Waals surface area contributed by atoms with Crippen LogP contribution in [0, 0.1) is 29.1 Å². The molecule has 2 rings (SSSR count). The van der Waals surface area contributed by atoms with Crippen molar-refractivity contribution in [2.45, 2.75) is 13.8 Å². The largest absolute Gasteiger partial charge is 0.508 e. The van der Waals surface area contributed by atoms with Gasteiger partial charge in [-0.15, -0.1) is 0 Å². The Balaban J connectivity index is 0.000000191. The van der Waals surface area contributed by atoms with Crippen LogP contribution < -0.4 is 0 Å². The van der Waals surface area contributed by atoms with Gasteiger partial charge in [0.15, 0.2) is 0 Å². The monoisotopic (exact) mass is 378 g/mol. The quantitative estimate of drug-likeness (QED) is 0.672. The molecule has 0 radical (unpaired) electrons. The van der Waals surface area contributed by atoms with E-state index in [1.807, 2.05) is 22.6 Å². The summed E-state index contributed by atoms with van der Waals surface area (Å²) in [5, 5.41) is 18.0. The highest BCUT2D eigenvalue weighted by molar-refractivity contribution is 14.1. The van der Waals surface area contributed by atoms with E-state index in [0.29, 0.717) is 14.7 Å². The summed E-state index contributed by atoms with van der Waals surface area (Å²) < 4.78 is 25.3. The van der Waals surface area contributed by atoms with Crippen LogP contribution in [0.1, 0.15) is 11.1 Å². The van der Waals surface area contributed by atoms with E-state index in [4.69, 9.17) is 10.2 Å². The molecule has 0 aliphatic heterocycles. The van der Waals surface area contributed by atoms with Crippen molar-refractivity contribution >= 4 is 22.6 Å². The average molecular weight is 378 g/mol. The van der Waals surface area contributed by atoms with Gasteiger partial charge in [-0.2, -0.15) is 0 Å². The van der Waals surface area contributed by atoms with Crippen molar-refractivity contribution in [3.63, 3.8) is 0 Å². The summed E-state index contributed by atoms with van der Waals surface area (Å²) in [6.45, 7) is 3.32. The number of hydrogen-bond acceptors (Lipinski definition) is 2. The van der Waals surface area contributed by atoms with E-state index in [-0.39, 0.29) is 23.1 Å². The van der Waals surface area contributed by atoms with Gasteiger partial charge < -0.3 is 10.2 Å². The van der Waals surface area contributed by atoms with Gasteiger partial charge >= 0.3 is 0 Å². The highest BCUT2D eigenvalue weighted by Gasteiger charge is 2.02. The molecule has 0 amide bonds. The number of rotatable bonds is 0. The molecule has 19 heavy (non-hydrogen) atoms.